The number of hydrogen-bond acceptors (Lipinski definition) is 3. The normalized spacial score (nSPS) is 10.7. The minimum Gasteiger partial charge on any atom is -0.298 e. The highest BCUT2D eigenvalue weighted by molar-refractivity contribution is 7.98. The van der Waals surface area contributed by atoms with Gasteiger partial charge in [0.25, 0.3) is 0 Å². The van der Waals surface area contributed by atoms with E-state index in [0.717, 1.165) is 22.3 Å². The largest absolute Gasteiger partial charge is 0.298 e. The van der Waals surface area contributed by atoms with Crippen LogP contribution in [-0.2, 0) is 12.3 Å². The van der Waals surface area contributed by atoms with E-state index in [2.05, 4.69) is 64.7 Å². The third kappa shape index (κ3) is 3.54. The molecule has 4 heteroatoms. The van der Waals surface area contributed by atoms with Crippen LogP contribution in [0.4, 0.5) is 0 Å². The van der Waals surface area contributed by atoms with E-state index in [1.54, 1.807) is 11.8 Å². The van der Waals surface area contributed by atoms with Crippen molar-refractivity contribution < 1.29 is 0 Å². The minimum atomic E-state index is 0.702. The van der Waals surface area contributed by atoms with Crippen molar-refractivity contribution in [2.24, 2.45) is 0 Å². The number of hydrogen-bond donors (Lipinski definition) is 0. The van der Waals surface area contributed by atoms with Crippen LogP contribution in [0.15, 0.2) is 72.4 Å². The molecule has 0 aliphatic heterocycles. The molecule has 0 unspecified atom stereocenters. The number of allylic oxidation sites excluding steroid dienone is 1. The lowest BCUT2D eigenvalue weighted by molar-refractivity contribution is 0.731. The quantitative estimate of drug-likeness (QED) is 0.485. The lowest BCUT2D eigenvalue weighted by Crippen LogP contribution is -2.01. The minimum absolute atomic E-state index is 0.702. The van der Waals surface area contributed by atoms with Crippen LogP contribution in [0.5, 0.6) is 0 Å². The van der Waals surface area contributed by atoms with Gasteiger partial charge in [0.15, 0.2) is 11.0 Å². The molecule has 116 valence electrons. The van der Waals surface area contributed by atoms with Crippen LogP contribution in [0.25, 0.3) is 11.4 Å². The van der Waals surface area contributed by atoms with Crippen molar-refractivity contribution in [2.75, 3.05) is 0 Å². The number of benzene rings is 2. The molecule has 0 saturated carbocycles. The van der Waals surface area contributed by atoms with Gasteiger partial charge in [0.05, 0.1) is 0 Å². The van der Waals surface area contributed by atoms with Crippen molar-refractivity contribution in [2.45, 2.75) is 24.4 Å². The van der Waals surface area contributed by atoms with E-state index in [-0.39, 0.29) is 0 Å². The molecular formula is C19H19N3S. The molecule has 3 aromatic rings. The highest BCUT2D eigenvalue weighted by Crippen LogP contribution is 2.28. The molecule has 3 nitrogen and oxygen atoms in total. The number of nitrogens with zero attached hydrogens (tertiary/aromatic N) is 3. The first-order valence-corrected chi connectivity index (χ1v) is 8.55. The Bertz CT molecular complexity index is 793. The van der Waals surface area contributed by atoms with Gasteiger partial charge in [-0.2, -0.15) is 0 Å². The summed E-state index contributed by atoms with van der Waals surface area (Å²) in [5, 5.41) is 9.74. The Hall–Kier alpha value is -2.33. The van der Waals surface area contributed by atoms with E-state index in [4.69, 9.17) is 0 Å². The van der Waals surface area contributed by atoms with E-state index in [1.807, 2.05) is 24.3 Å². The van der Waals surface area contributed by atoms with Crippen LogP contribution in [0, 0.1) is 6.92 Å². The van der Waals surface area contributed by atoms with Crippen molar-refractivity contribution >= 4 is 11.8 Å². The standard InChI is InChI=1S/C19H19N3S/c1-3-13-22-18(17-12-8-7-9-15(17)2)20-21-19(22)23-14-16-10-5-4-6-11-16/h3-12H,1,13-14H2,2H3. The Morgan fingerprint density at radius 2 is 1.78 bits per heavy atom. The molecule has 0 amide bonds. The zero-order chi connectivity index (χ0) is 16.1. The van der Waals surface area contributed by atoms with Crippen LogP contribution in [0.1, 0.15) is 11.1 Å². The summed E-state index contributed by atoms with van der Waals surface area (Å²) < 4.78 is 2.13. The second-order valence-corrected chi connectivity index (χ2v) is 6.24. The van der Waals surface area contributed by atoms with Gasteiger partial charge >= 0.3 is 0 Å². The van der Waals surface area contributed by atoms with E-state index in [9.17, 15) is 0 Å². The molecule has 0 fully saturated rings. The first kappa shape index (κ1) is 15.6. The summed E-state index contributed by atoms with van der Waals surface area (Å²) in [7, 11) is 0. The summed E-state index contributed by atoms with van der Waals surface area (Å²) >= 11 is 1.70. The predicted molar refractivity (Wildman–Crippen MR) is 96.4 cm³/mol. The average Bonchev–Trinajstić information content (AvgIpc) is 2.97. The molecule has 0 bridgehead atoms. The Morgan fingerprint density at radius 3 is 2.52 bits per heavy atom. The van der Waals surface area contributed by atoms with Crippen LogP contribution in [0.3, 0.4) is 0 Å². The van der Waals surface area contributed by atoms with Crippen molar-refractivity contribution in [3.63, 3.8) is 0 Å². The molecule has 0 saturated heterocycles. The summed E-state index contributed by atoms with van der Waals surface area (Å²) in [5.41, 5.74) is 3.60. The van der Waals surface area contributed by atoms with Gasteiger partial charge in [-0.1, -0.05) is 72.4 Å². The smallest absolute Gasteiger partial charge is 0.192 e. The third-order valence-corrected chi connectivity index (χ3v) is 4.66. The van der Waals surface area contributed by atoms with E-state index in [0.29, 0.717) is 6.54 Å². The zero-order valence-corrected chi connectivity index (χ0v) is 14.0. The summed E-state index contributed by atoms with van der Waals surface area (Å²) in [6, 6.07) is 18.7. The highest BCUT2D eigenvalue weighted by atomic mass is 32.2. The zero-order valence-electron chi connectivity index (χ0n) is 13.1. The summed E-state index contributed by atoms with van der Waals surface area (Å²) in [5.74, 6) is 1.78. The van der Waals surface area contributed by atoms with Gasteiger partial charge < -0.3 is 0 Å². The highest BCUT2D eigenvalue weighted by Gasteiger charge is 2.14. The fraction of sp³-hybridized carbons (Fsp3) is 0.158. The fourth-order valence-corrected chi connectivity index (χ4v) is 3.34. The lowest BCUT2D eigenvalue weighted by atomic mass is 10.1. The van der Waals surface area contributed by atoms with Crippen molar-refractivity contribution in [3.8, 4) is 11.4 Å². The molecular weight excluding hydrogens is 302 g/mol. The number of aromatic nitrogens is 3. The maximum atomic E-state index is 4.42. The SMILES string of the molecule is C=CCn1c(SCc2ccccc2)nnc1-c1ccccc1C. The van der Waals surface area contributed by atoms with Crippen molar-refractivity contribution in [1.82, 2.24) is 14.8 Å². The van der Waals surface area contributed by atoms with Gasteiger partial charge in [-0.3, -0.25) is 4.57 Å². The summed E-state index contributed by atoms with van der Waals surface area (Å²) in [6.45, 7) is 6.66. The molecule has 1 aromatic heterocycles. The molecule has 0 aliphatic rings. The Kier molecular flexibility index (Phi) is 4.93. The van der Waals surface area contributed by atoms with Crippen LogP contribution in [0.2, 0.25) is 0 Å². The molecule has 0 spiro atoms. The number of aryl methyl sites for hydroxylation is 1. The predicted octanol–water partition coefficient (Wildman–Crippen LogP) is 4.73. The lowest BCUT2D eigenvalue weighted by Gasteiger charge is -2.09. The summed E-state index contributed by atoms with van der Waals surface area (Å²) in [6.07, 6.45) is 1.89. The number of rotatable bonds is 6. The van der Waals surface area contributed by atoms with Crippen molar-refractivity contribution in [3.05, 3.63) is 78.4 Å². The maximum Gasteiger partial charge on any atom is 0.192 e. The topological polar surface area (TPSA) is 30.7 Å². The monoisotopic (exact) mass is 321 g/mol. The molecule has 1 heterocycles. The second kappa shape index (κ2) is 7.29. The molecule has 3 rings (SSSR count). The molecule has 0 aliphatic carbocycles. The van der Waals surface area contributed by atoms with E-state index < -0.39 is 0 Å². The average molecular weight is 321 g/mol. The van der Waals surface area contributed by atoms with Crippen LogP contribution in [-0.4, -0.2) is 14.8 Å². The van der Waals surface area contributed by atoms with Gasteiger partial charge in [-0.15, -0.1) is 16.8 Å². The summed E-state index contributed by atoms with van der Waals surface area (Å²) in [4.78, 5) is 0. The van der Waals surface area contributed by atoms with Crippen molar-refractivity contribution in [1.29, 1.82) is 0 Å². The van der Waals surface area contributed by atoms with E-state index >= 15 is 0 Å². The van der Waals surface area contributed by atoms with Gasteiger partial charge in [0.2, 0.25) is 0 Å². The van der Waals surface area contributed by atoms with Gasteiger partial charge in [0.1, 0.15) is 0 Å². The maximum absolute atomic E-state index is 4.42. The Balaban J connectivity index is 1.90. The second-order valence-electron chi connectivity index (χ2n) is 5.29. The molecule has 23 heavy (non-hydrogen) atoms. The first-order valence-electron chi connectivity index (χ1n) is 7.56. The molecule has 0 N–H and O–H groups in total. The van der Waals surface area contributed by atoms with E-state index in [1.165, 1.54) is 11.1 Å². The number of thioether (sulfide) groups is 1. The van der Waals surface area contributed by atoms with Gasteiger partial charge in [0, 0.05) is 17.9 Å². The van der Waals surface area contributed by atoms with Gasteiger partial charge in [-0.05, 0) is 18.1 Å². The van der Waals surface area contributed by atoms with Crippen LogP contribution < -0.4 is 0 Å². The molecule has 0 atom stereocenters. The van der Waals surface area contributed by atoms with Gasteiger partial charge in [-0.25, -0.2) is 0 Å². The Labute approximate surface area is 141 Å². The first-order chi connectivity index (χ1) is 11.3. The molecule has 2 aromatic carbocycles. The van der Waals surface area contributed by atoms with Crippen LogP contribution >= 0.6 is 11.8 Å². The Morgan fingerprint density at radius 1 is 1.04 bits per heavy atom. The fourth-order valence-electron chi connectivity index (χ4n) is 2.43. The molecule has 0 radical (unpaired) electrons. The third-order valence-electron chi connectivity index (χ3n) is 3.63.